The maximum absolute atomic E-state index is 13.5. The van der Waals surface area contributed by atoms with Gasteiger partial charge in [-0.05, 0) is 43.0 Å². The van der Waals surface area contributed by atoms with Crippen molar-refractivity contribution in [3.8, 4) is 0 Å². The van der Waals surface area contributed by atoms with Crippen LogP contribution in [0.1, 0.15) is 56.3 Å². The number of hydrogen-bond donors (Lipinski definition) is 0. The number of fused-ring (bicyclic) bond motifs is 1. The average molecular weight is 483 g/mol. The van der Waals surface area contributed by atoms with E-state index in [0.29, 0.717) is 31.1 Å². The zero-order valence-electron chi connectivity index (χ0n) is 20.1. The minimum absolute atomic E-state index is 0.221. The highest BCUT2D eigenvalue weighted by Gasteiger charge is 2.33. The number of sulfonamides is 1. The lowest BCUT2D eigenvalue weighted by atomic mass is 10.0. The Bertz CT molecular complexity index is 1380. The molecule has 0 bridgehead atoms. The maximum atomic E-state index is 13.5. The summed E-state index contributed by atoms with van der Waals surface area (Å²) in [5.74, 6) is 2.01. The molecular formula is C24H30N6O3S. The third-order valence-electron chi connectivity index (χ3n) is 5.90. The van der Waals surface area contributed by atoms with Gasteiger partial charge in [-0.25, -0.2) is 13.4 Å². The van der Waals surface area contributed by atoms with E-state index in [9.17, 15) is 8.42 Å². The van der Waals surface area contributed by atoms with Crippen LogP contribution in [-0.4, -0.2) is 44.4 Å². The summed E-state index contributed by atoms with van der Waals surface area (Å²) in [7, 11) is -2.20. The SMILES string of the molecule is CCc1noc([C@H](CC(C)C)N(C)S(=O)(=O)c2ccc(Cn3c(C)nc4cnccc43)cc2)n1. The second-order valence-electron chi connectivity index (χ2n) is 8.82. The van der Waals surface area contributed by atoms with Crippen molar-refractivity contribution in [3.63, 3.8) is 0 Å². The van der Waals surface area contributed by atoms with Crippen molar-refractivity contribution in [3.05, 3.63) is 65.8 Å². The van der Waals surface area contributed by atoms with Crippen LogP contribution in [0, 0.1) is 12.8 Å². The van der Waals surface area contributed by atoms with Gasteiger partial charge in [0.05, 0.1) is 16.6 Å². The molecule has 180 valence electrons. The molecule has 34 heavy (non-hydrogen) atoms. The van der Waals surface area contributed by atoms with Gasteiger partial charge in [-0.1, -0.05) is 38.1 Å². The highest BCUT2D eigenvalue weighted by Crippen LogP contribution is 2.31. The number of pyridine rings is 1. The zero-order chi connectivity index (χ0) is 24.5. The van der Waals surface area contributed by atoms with Crippen molar-refractivity contribution < 1.29 is 12.9 Å². The van der Waals surface area contributed by atoms with E-state index < -0.39 is 16.1 Å². The number of benzene rings is 1. The van der Waals surface area contributed by atoms with Crippen LogP contribution >= 0.6 is 0 Å². The monoisotopic (exact) mass is 482 g/mol. The van der Waals surface area contributed by atoms with Gasteiger partial charge >= 0.3 is 0 Å². The first-order valence-electron chi connectivity index (χ1n) is 11.4. The van der Waals surface area contributed by atoms with Crippen LogP contribution in [-0.2, 0) is 23.0 Å². The van der Waals surface area contributed by atoms with Gasteiger partial charge in [0.2, 0.25) is 15.9 Å². The van der Waals surface area contributed by atoms with E-state index in [1.54, 1.807) is 31.6 Å². The Kier molecular flexibility index (Phi) is 6.81. The van der Waals surface area contributed by atoms with Gasteiger partial charge in [0.25, 0.3) is 0 Å². The van der Waals surface area contributed by atoms with E-state index in [1.807, 2.05) is 45.9 Å². The topological polar surface area (TPSA) is 107 Å². The molecule has 1 atom stereocenters. The number of nitrogens with zero attached hydrogens (tertiary/aromatic N) is 6. The molecular weight excluding hydrogens is 452 g/mol. The van der Waals surface area contributed by atoms with Gasteiger partial charge in [0.1, 0.15) is 17.4 Å². The Morgan fingerprint density at radius 2 is 1.85 bits per heavy atom. The molecule has 3 heterocycles. The van der Waals surface area contributed by atoms with E-state index >= 15 is 0 Å². The van der Waals surface area contributed by atoms with Crippen molar-refractivity contribution >= 4 is 21.1 Å². The zero-order valence-corrected chi connectivity index (χ0v) is 21.0. The lowest BCUT2D eigenvalue weighted by Crippen LogP contribution is -2.32. The van der Waals surface area contributed by atoms with Crippen LogP contribution in [0.5, 0.6) is 0 Å². The molecule has 0 saturated carbocycles. The van der Waals surface area contributed by atoms with Gasteiger partial charge < -0.3 is 9.09 Å². The molecule has 0 unspecified atom stereocenters. The predicted octanol–water partition coefficient (Wildman–Crippen LogP) is 4.14. The molecule has 0 aliphatic carbocycles. The average Bonchev–Trinajstić information content (AvgIpc) is 3.42. The Labute approximate surface area is 199 Å². The Morgan fingerprint density at radius 1 is 1.12 bits per heavy atom. The Hall–Kier alpha value is -3.11. The lowest BCUT2D eigenvalue weighted by molar-refractivity contribution is 0.247. The first kappa shape index (κ1) is 24.0. The van der Waals surface area contributed by atoms with Crippen molar-refractivity contribution in [1.82, 2.24) is 29.0 Å². The number of aryl methyl sites for hydroxylation is 2. The van der Waals surface area contributed by atoms with Crippen LogP contribution in [0.4, 0.5) is 0 Å². The molecule has 10 heteroatoms. The molecule has 1 aromatic carbocycles. The summed E-state index contributed by atoms with van der Waals surface area (Å²) in [6.45, 7) is 8.54. The Morgan fingerprint density at radius 3 is 2.50 bits per heavy atom. The molecule has 0 fully saturated rings. The Balaban J connectivity index is 1.59. The number of imidazole rings is 1. The van der Waals surface area contributed by atoms with Crippen LogP contribution < -0.4 is 0 Å². The molecule has 0 saturated heterocycles. The largest absolute Gasteiger partial charge is 0.338 e. The summed E-state index contributed by atoms with van der Waals surface area (Å²) >= 11 is 0. The van der Waals surface area contributed by atoms with E-state index in [-0.39, 0.29) is 10.8 Å². The van der Waals surface area contributed by atoms with E-state index in [2.05, 4.69) is 24.7 Å². The van der Waals surface area contributed by atoms with Gasteiger partial charge in [-0.15, -0.1) is 0 Å². The van der Waals surface area contributed by atoms with Crippen molar-refractivity contribution in [1.29, 1.82) is 0 Å². The maximum Gasteiger partial charge on any atom is 0.245 e. The fourth-order valence-electron chi connectivity index (χ4n) is 3.98. The summed E-state index contributed by atoms with van der Waals surface area (Å²) in [6.07, 6.45) is 4.68. The number of rotatable bonds is 9. The summed E-state index contributed by atoms with van der Waals surface area (Å²) < 4.78 is 35.8. The highest BCUT2D eigenvalue weighted by atomic mass is 32.2. The van der Waals surface area contributed by atoms with Crippen LogP contribution in [0.15, 0.2) is 52.1 Å². The molecule has 0 N–H and O–H groups in total. The van der Waals surface area contributed by atoms with E-state index in [4.69, 9.17) is 4.52 Å². The van der Waals surface area contributed by atoms with E-state index in [1.165, 1.54) is 4.31 Å². The third kappa shape index (κ3) is 4.74. The van der Waals surface area contributed by atoms with Gasteiger partial charge in [0.15, 0.2) is 5.82 Å². The molecule has 0 radical (unpaired) electrons. The first-order valence-corrected chi connectivity index (χ1v) is 12.8. The fraction of sp³-hybridized carbons (Fsp3) is 0.417. The van der Waals surface area contributed by atoms with Crippen LogP contribution in [0.2, 0.25) is 0 Å². The molecule has 4 rings (SSSR count). The van der Waals surface area contributed by atoms with Crippen molar-refractivity contribution in [2.24, 2.45) is 5.92 Å². The normalized spacial score (nSPS) is 13.3. The quantitative estimate of drug-likeness (QED) is 0.353. The van der Waals surface area contributed by atoms with Gasteiger partial charge in [0, 0.05) is 26.2 Å². The molecule has 3 aromatic heterocycles. The van der Waals surface area contributed by atoms with E-state index in [0.717, 1.165) is 22.4 Å². The molecule has 0 amide bonds. The van der Waals surface area contributed by atoms with Gasteiger partial charge in [-0.3, -0.25) is 4.98 Å². The molecule has 0 aliphatic heterocycles. The minimum Gasteiger partial charge on any atom is -0.338 e. The molecule has 0 spiro atoms. The first-order chi connectivity index (χ1) is 16.2. The molecule has 4 aromatic rings. The second-order valence-corrected chi connectivity index (χ2v) is 10.8. The smallest absolute Gasteiger partial charge is 0.245 e. The summed E-state index contributed by atoms with van der Waals surface area (Å²) in [5.41, 5.74) is 2.81. The lowest BCUT2D eigenvalue weighted by Gasteiger charge is -2.26. The van der Waals surface area contributed by atoms with Crippen molar-refractivity contribution in [2.45, 2.75) is 58.0 Å². The summed E-state index contributed by atoms with van der Waals surface area (Å²) in [4.78, 5) is 13.3. The highest BCUT2D eigenvalue weighted by molar-refractivity contribution is 7.89. The predicted molar refractivity (Wildman–Crippen MR) is 129 cm³/mol. The van der Waals surface area contributed by atoms with Crippen molar-refractivity contribution in [2.75, 3.05) is 7.05 Å². The summed E-state index contributed by atoms with van der Waals surface area (Å²) in [6, 6.07) is 8.37. The summed E-state index contributed by atoms with van der Waals surface area (Å²) in [5, 5.41) is 3.96. The number of aromatic nitrogens is 5. The third-order valence-corrected chi connectivity index (χ3v) is 7.78. The second kappa shape index (κ2) is 9.63. The van der Waals surface area contributed by atoms with Crippen LogP contribution in [0.25, 0.3) is 11.0 Å². The standard InChI is InChI=1S/C24H30N6O3S/c1-6-23-27-24(33-28-23)22(13-16(2)3)29(5)34(31,32)19-9-7-18(8-10-19)15-30-17(4)26-20-14-25-12-11-21(20)30/h7-12,14,16,22H,6,13,15H2,1-5H3/t22-/m0/s1. The van der Waals surface area contributed by atoms with Crippen LogP contribution in [0.3, 0.4) is 0 Å². The molecule has 0 aliphatic rings. The molecule has 9 nitrogen and oxygen atoms in total. The van der Waals surface area contributed by atoms with Gasteiger partial charge in [-0.2, -0.15) is 9.29 Å². The fourth-order valence-corrected chi connectivity index (χ4v) is 5.31. The number of hydrogen-bond acceptors (Lipinski definition) is 7. The minimum atomic E-state index is -3.77.